The summed E-state index contributed by atoms with van der Waals surface area (Å²) in [6.45, 7) is 5.73. The van der Waals surface area contributed by atoms with E-state index in [1.807, 2.05) is 13.8 Å². The number of hydrogen-bond donors (Lipinski definition) is 2. The largest absolute Gasteiger partial charge is 0.493 e. The SMILES string of the molecule is COc1cc(C(C)NC(=O)c2cc3c([nH]c2=O)CC(C)(C)CC3=O)cc(OC)c1OC. The molecular weight excluding hydrogens is 400 g/mol. The molecule has 0 bridgehead atoms. The second-order valence-corrected chi connectivity index (χ2v) is 8.50. The minimum Gasteiger partial charge on any atom is -0.493 e. The molecule has 0 fully saturated rings. The molecule has 1 heterocycles. The van der Waals surface area contributed by atoms with E-state index in [-0.39, 0.29) is 16.8 Å². The third kappa shape index (κ3) is 4.42. The molecule has 1 aliphatic rings. The van der Waals surface area contributed by atoms with Gasteiger partial charge in [0.2, 0.25) is 5.75 Å². The number of nitrogens with one attached hydrogen (secondary N) is 2. The van der Waals surface area contributed by atoms with E-state index in [1.54, 1.807) is 19.1 Å². The lowest BCUT2D eigenvalue weighted by atomic mass is 9.75. The van der Waals surface area contributed by atoms with Gasteiger partial charge in [-0.15, -0.1) is 0 Å². The maximum atomic E-state index is 12.9. The lowest BCUT2D eigenvalue weighted by molar-refractivity contribution is 0.0910. The summed E-state index contributed by atoms with van der Waals surface area (Å²) in [6.07, 6.45) is 0.946. The maximum Gasteiger partial charge on any atom is 0.261 e. The Bertz CT molecular complexity index is 1060. The summed E-state index contributed by atoms with van der Waals surface area (Å²) in [4.78, 5) is 40.7. The normalized spacial score (nSPS) is 15.6. The van der Waals surface area contributed by atoms with E-state index in [9.17, 15) is 14.4 Å². The van der Waals surface area contributed by atoms with E-state index in [2.05, 4.69) is 10.3 Å². The highest BCUT2D eigenvalue weighted by Crippen LogP contribution is 2.39. The zero-order valence-electron chi connectivity index (χ0n) is 18.7. The Kier molecular flexibility index (Phi) is 6.10. The van der Waals surface area contributed by atoms with Crippen LogP contribution < -0.4 is 25.1 Å². The lowest BCUT2D eigenvalue weighted by Gasteiger charge is -2.29. The van der Waals surface area contributed by atoms with Gasteiger partial charge in [0.25, 0.3) is 11.5 Å². The number of aromatic amines is 1. The number of ether oxygens (including phenoxy) is 3. The molecule has 3 rings (SSSR count). The number of rotatable bonds is 6. The third-order valence-electron chi connectivity index (χ3n) is 5.50. The molecule has 1 aromatic carbocycles. The molecule has 8 heteroatoms. The number of fused-ring (bicyclic) bond motifs is 1. The number of hydrogen-bond acceptors (Lipinski definition) is 6. The second-order valence-electron chi connectivity index (χ2n) is 8.50. The molecule has 1 aliphatic carbocycles. The monoisotopic (exact) mass is 428 g/mol. The fraction of sp³-hybridized carbons (Fsp3) is 0.435. The lowest BCUT2D eigenvalue weighted by Crippen LogP contribution is -2.35. The molecule has 8 nitrogen and oxygen atoms in total. The Hall–Kier alpha value is -3.29. The summed E-state index contributed by atoms with van der Waals surface area (Å²) in [7, 11) is 4.53. The highest BCUT2D eigenvalue weighted by Gasteiger charge is 2.33. The first-order valence-electron chi connectivity index (χ1n) is 10.0. The van der Waals surface area contributed by atoms with Gasteiger partial charge in [0, 0.05) is 17.7 Å². The first-order chi connectivity index (χ1) is 14.6. The van der Waals surface area contributed by atoms with Gasteiger partial charge in [-0.25, -0.2) is 0 Å². The number of ketones is 1. The molecule has 0 saturated heterocycles. The molecule has 2 aromatic rings. The molecule has 1 unspecified atom stereocenters. The van der Waals surface area contributed by atoms with Crippen molar-refractivity contribution in [3.63, 3.8) is 0 Å². The van der Waals surface area contributed by atoms with Gasteiger partial charge in [-0.05, 0) is 42.5 Å². The number of aromatic nitrogens is 1. The number of benzene rings is 1. The topological polar surface area (TPSA) is 107 Å². The molecule has 0 aliphatic heterocycles. The van der Waals surface area contributed by atoms with Crippen molar-refractivity contribution in [3.05, 3.63) is 50.9 Å². The number of carbonyl (C=O) groups excluding carboxylic acids is 2. The predicted molar refractivity (Wildman–Crippen MR) is 115 cm³/mol. The minimum absolute atomic E-state index is 0.0748. The number of Topliss-reactive ketones (excluding diaryl/α,β-unsaturated/α-hetero) is 1. The maximum absolute atomic E-state index is 12.9. The van der Waals surface area contributed by atoms with Crippen LogP contribution in [0.4, 0.5) is 0 Å². The average molecular weight is 428 g/mol. The van der Waals surface area contributed by atoms with Crippen molar-refractivity contribution >= 4 is 11.7 Å². The van der Waals surface area contributed by atoms with Gasteiger partial charge in [0.1, 0.15) is 5.56 Å². The first kappa shape index (κ1) is 22.4. The fourth-order valence-electron chi connectivity index (χ4n) is 3.91. The highest BCUT2D eigenvalue weighted by molar-refractivity contribution is 6.02. The number of pyridine rings is 1. The minimum atomic E-state index is -0.567. The van der Waals surface area contributed by atoms with Crippen molar-refractivity contribution in [3.8, 4) is 17.2 Å². The Morgan fingerprint density at radius 2 is 1.65 bits per heavy atom. The highest BCUT2D eigenvalue weighted by atomic mass is 16.5. The molecule has 1 amide bonds. The summed E-state index contributed by atoms with van der Waals surface area (Å²) in [6, 6.07) is 4.40. The molecule has 1 atom stereocenters. The first-order valence-corrected chi connectivity index (χ1v) is 10.0. The summed E-state index contributed by atoms with van der Waals surface area (Å²) >= 11 is 0. The quantitative estimate of drug-likeness (QED) is 0.732. The van der Waals surface area contributed by atoms with Gasteiger partial charge in [-0.1, -0.05) is 13.8 Å². The standard InChI is InChI=1S/C23H28N2O6/c1-12(13-7-18(29-4)20(31-6)19(8-13)30-5)24-21(27)15-9-14-16(25-22(15)28)10-23(2,3)11-17(14)26/h7-9,12H,10-11H2,1-6H3,(H,24,27)(H,25,28). The molecule has 0 spiro atoms. The second kappa shape index (κ2) is 8.45. The smallest absolute Gasteiger partial charge is 0.261 e. The number of methoxy groups -OCH3 is 3. The van der Waals surface area contributed by atoms with Crippen LogP contribution in [0.15, 0.2) is 23.0 Å². The van der Waals surface area contributed by atoms with Crippen LogP contribution >= 0.6 is 0 Å². The van der Waals surface area contributed by atoms with Gasteiger partial charge in [-0.3, -0.25) is 14.4 Å². The van der Waals surface area contributed by atoms with Gasteiger partial charge < -0.3 is 24.5 Å². The third-order valence-corrected chi connectivity index (χ3v) is 5.50. The van der Waals surface area contributed by atoms with E-state index in [4.69, 9.17) is 14.2 Å². The van der Waals surface area contributed by atoms with Gasteiger partial charge >= 0.3 is 0 Å². The molecule has 0 saturated carbocycles. The van der Waals surface area contributed by atoms with Gasteiger partial charge in [0.15, 0.2) is 17.3 Å². The summed E-state index contributed by atoms with van der Waals surface area (Å²) in [5, 5.41) is 2.81. The van der Waals surface area contributed by atoms with Crippen molar-refractivity contribution in [2.75, 3.05) is 21.3 Å². The van der Waals surface area contributed by atoms with Crippen LogP contribution in [-0.2, 0) is 6.42 Å². The molecule has 2 N–H and O–H groups in total. The van der Waals surface area contributed by atoms with E-state index in [0.29, 0.717) is 46.9 Å². The van der Waals surface area contributed by atoms with Crippen molar-refractivity contribution < 1.29 is 23.8 Å². The summed E-state index contributed by atoms with van der Waals surface area (Å²) in [5.41, 5.74) is 0.864. The zero-order chi connectivity index (χ0) is 22.9. The van der Waals surface area contributed by atoms with Crippen LogP contribution in [0, 0.1) is 5.41 Å². The van der Waals surface area contributed by atoms with Crippen LogP contribution in [0.1, 0.15) is 65.2 Å². The molecular formula is C23H28N2O6. The van der Waals surface area contributed by atoms with E-state index in [0.717, 1.165) is 0 Å². The van der Waals surface area contributed by atoms with Crippen LogP contribution in [0.3, 0.4) is 0 Å². The van der Waals surface area contributed by atoms with Crippen molar-refractivity contribution in [1.29, 1.82) is 0 Å². The predicted octanol–water partition coefficient (Wildman–Crippen LogP) is 3.05. The zero-order valence-corrected chi connectivity index (χ0v) is 18.7. The molecule has 31 heavy (non-hydrogen) atoms. The Morgan fingerprint density at radius 3 is 2.19 bits per heavy atom. The fourth-order valence-corrected chi connectivity index (χ4v) is 3.91. The van der Waals surface area contributed by atoms with Crippen molar-refractivity contribution in [2.45, 2.75) is 39.7 Å². The van der Waals surface area contributed by atoms with Crippen LogP contribution in [-0.4, -0.2) is 38.0 Å². The summed E-state index contributed by atoms with van der Waals surface area (Å²) in [5.74, 6) is 0.715. The van der Waals surface area contributed by atoms with Crippen molar-refractivity contribution in [2.24, 2.45) is 5.41 Å². The van der Waals surface area contributed by atoms with E-state index >= 15 is 0 Å². The van der Waals surface area contributed by atoms with Crippen LogP contribution in [0.25, 0.3) is 0 Å². The Balaban J connectivity index is 1.90. The van der Waals surface area contributed by atoms with Crippen LogP contribution in [0.5, 0.6) is 17.2 Å². The molecule has 0 radical (unpaired) electrons. The van der Waals surface area contributed by atoms with Gasteiger partial charge in [-0.2, -0.15) is 0 Å². The molecule has 166 valence electrons. The van der Waals surface area contributed by atoms with Crippen molar-refractivity contribution in [1.82, 2.24) is 10.3 Å². The summed E-state index contributed by atoms with van der Waals surface area (Å²) < 4.78 is 16.0. The Morgan fingerprint density at radius 1 is 1.03 bits per heavy atom. The Labute approximate surface area is 180 Å². The average Bonchev–Trinajstić information content (AvgIpc) is 2.70. The van der Waals surface area contributed by atoms with E-state index < -0.39 is 17.5 Å². The number of H-pyrrole nitrogens is 1. The van der Waals surface area contributed by atoms with Crippen LogP contribution in [0.2, 0.25) is 0 Å². The number of carbonyl (C=O) groups is 2. The molecule has 1 aromatic heterocycles. The van der Waals surface area contributed by atoms with E-state index in [1.165, 1.54) is 27.4 Å². The van der Waals surface area contributed by atoms with Gasteiger partial charge in [0.05, 0.1) is 27.4 Å². The number of amides is 1.